The minimum Gasteiger partial charge on any atom is -0.177 e. The van der Waals surface area contributed by atoms with Gasteiger partial charge in [0.25, 0.3) is 0 Å². The smallest absolute Gasteiger partial charge is 0.177 e. The van der Waals surface area contributed by atoms with Crippen molar-refractivity contribution in [1.82, 2.24) is 20.6 Å². The summed E-state index contributed by atoms with van der Waals surface area (Å²) in [5.74, 6) is 0.622. The highest BCUT2D eigenvalue weighted by atomic mass is 31.2. The summed E-state index contributed by atoms with van der Waals surface area (Å²) >= 11 is 0. The van der Waals surface area contributed by atoms with Gasteiger partial charge in [0.2, 0.25) is 5.82 Å². The molecule has 0 saturated heterocycles. The summed E-state index contributed by atoms with van der Waals surface area (Å²) in [5.41, 5.74) is 2.28. The Kier molecular flexibility index (Phi) is 5.87. The molecule has 1 heterocycles. The Hall–Kier alpha value is -3.62. The lowest BCUT2D eigenvalue weighted by Crippen LogP contribution is -2.34. The lowest BCUT2D eigenvalue weighted by atomic mass is 10.1. The highest BCUT2D eigenvalue weighted by Crippen LogP contribution is 2.55. The first-order chi connectivity index (χ1) is 15.9. The number of aromatic nitrogens is 4. The SMILES string of the molecule is c1ccc([P+](CCc2ccc(-c3nn[nH]n3)cc2)(c2ccccc2)c2ccccc2)cc1. The molecule has 0 aliphatic heterocycles. The van der Waals surface area contributed by atoms with Crippen LogP contribution in [0.3, 0.4) is 0 Å². The summed E-state index contributed by atoms with van der Waals surface area (Å²) in [7, 11) is -1.82. The van der Waals surface area contributed by atoms with Crippen LogP contribution in [0.15, 0.2) is 115 Å². The van der Waals surface area contributed by atoms with Gasteiger partial charge in [0.05, 0.1) is 6.16 Å². The molecular formula is C27H24N4P+. The zero-order chi connectivity index (χ0) is 21.6. The van der Waals surface area contributed by atoms with Gasteiger partial charge >= 0.3 is 0 Å². The molecule has 0 fully saturated rings. The monoisotopic (exact) mass is 435 g/mol. The number of H-pyrrole nitrogens is 1. The summed E-state index contributed by atoms with van der Waals surface area (Å²) in [6.45, 7) is 0. The van der Waals surface area contributed by atoms with Gasteiger partial charge in [-0.2, -0.15) is 5.21 Å². The Labute approximate surface area is 188 Å². The maximum atomic E-state index is 4.08. The third kappa shape index (κ3) is 3.98. The molecular weight excluding hydrogens is 411 g/mol. The van der Waals surface area contributed by atoms with Crippen molar-refractivity contribution in [3.8, 4) is 11.4 Å². The average Bonchev–Trinajstić information content (AvgIpc) is 3.42. The van der Waals surface area contributed by atoms with E-state index in [-0.39, 0.29) is 0 Å². The van der Waals surface area contributed by atoms with E-state index in [1.165, 1.54) is 21.5 Å². The number of hydrogen-bond acceptors (Lipinski definition) is 3. The van der Waals surface area contributed by atoms with E-state index < -0.39 is 7.26 Å². The molecule has 5 rings (SSSR count). The quantitative estimate of drug-likeness (QED) is 0.386. The van der Waals surface area contributed by atoms with Crippen molar-refractivity contribution in [2.75, 3.05) is 6.16 Å². The average molecular weight is 435 g/mol. The van der Waals surface area contributed by atoms with Gasteiger partial charge in [-0.1, -0.05) is 78.9 Å². The Balaban J connectivity index is 1.56. The molecule has 0 bridgehead atoms. The van der Waals surface area contributed by atoms with Gasteiger partial charge in [0.1, 0.15) is 23.2 Å². The van der Waals surface area contributed by atoms with E-state index in [9.17, 15) is 0 Å². The van der Waals surface area contributed by atoms with Gasteiger partial charge in [-0.3, -0.25) is 0 Å². The predicted molar refractivity (Wildman–Crippen MR) is 133 cm³/mol. The molecule has 4 nitrogen and oxygen atoms in total. The molecule has 5 heteroatoms. The van der Waals surface area contributed by atoms with Crippen LogP contribution < -0.4 is 15.9 Å². The molecule has 5 aromatic rings. The molecule has 0 amide bonds. The van der Waals surface area contributed by atoms with Crippen LogP contribution in [0.1, 0.15) is 5.56 Å². The number of aromatic amines is 1. The van der Waals surface area contributed by atoms with Crippen molar-refractivity contribution in [3.63, 3.8) is 0 Å². The standard InChI is InChI=1S/C27H24N4P/c1-4-10-24(11-5-1)32(25-12-6-2-7-13-25,26-14-8-3-9-15-26)21-20-22-16-18-23(19-17-22)27-28-30-31-29-27/h1-19H,20-21H2,(H,28,29,30,31)/q+1. The van der Waals surface area contributed by atoms with Crippen LogP contribution in [-0.4, -0.2) is 26.8 Å². The molecule has 0 saturated carbocycles. The molecule has 0 unspecified atom stereocenters. The Morgan fingerprint density at radius 1 is 0.594 bits per heavy atom. The maximum absolute atomic E-state index is 4.08. The second-order valence-electron chi connectivity index (χ2n) is 7.72. The molecule has 0 radical (unpaired) electrons. The van der Waals surface area contributed by atoms with E-state index in [4.69, 9.17) is 0 Å². The topological polar surface area (TPSA) is 54.5 Å². The van der Waals surface area contributed by atoms with Gasteiger partial charge in [0.15, 0.2) is 0 Å². The second-order valence-corrected chi connectivity index (χ2v) is 11.3. The van der Waals surface area contributed by atoms with E-state index >= 15 is 0 Å². The van der Waals surface area contributed by atoms with Crippen LogP contribution in [0.2, 0.25) is 0 Å². The van der Waals surface area contributed by atoms with Crippen molar-refractivity contribution in [3.05, 3.63) is 121 Å². The van der Waals surface area contributed by atoms with Crippen LogP contribution in [-0.2, 0) is 6.42 Å². The van der Waals surface area contributed by atoms with E-state index in [1.54, 1.807) is 0 Å². The fraction of sp³-hybridized carbons (Fsp3) is 0.0741. The van der Waals surface area contributed by atoms with E-state index in [0.717, 1.165) is 18.1 Å². The number of nitrogens with one attached hydrogen (secondary N) is 1. The summed E-state index contributed by atoms with van der Waals surface area (Å²) in [6, 6.07) is 41.6. The first-order valence-corrected chi connectivity index (χ1v) is 12.7. The van der Waals surface area contributed by atoms with E-state index in [1.807, 2.05) is 0 Å². The van der Waals surface area contributed by atoms with Crippen molar-refractivity contribution >= 4 is 23.2 Å². The predicted octanol–water partition coefficient (Wildman–Crippen LogP) is 4.40. The zero-order valence-corrected chi connectivity index (χ0v) is 18.6. The van der Waals surface area contributed by atoms with Crippen molar-refractivity contribution in [2.24, 2.45) is 0 Å². The largest absolute Gasteiger partial charge is 0.204 e. The first kappa shape index (κ1) is 20.3. The van der Waals surface area contributed by atoms with Gasteiger partial charge < -0.3 is 0 Å². The summed E-state index contributed by atoms with van der Waals surface area (Å²) in [5, 5.41) is 18.6. The third-order valence-electron chi connectivity index (χ3n) is 5.88. The fourth-order valence-electron chi connectivity index (χ4n) is 4.28. The molecule has 0 atom stereocenters. The van der Waals surface area contributed by atoms with Gasteiger partial charge in [-0.05, 0) is 47.2 Å². The maximum Gasteiger partial charge on any atom is 0.204 e. The lowest BCUT2D eigenvalue weighted by Gasteiger charge is -2.27. The Morgan fingerprint density at radius 2 is 1.09 bits per heavy atom. The highest BCUT2D eigenvalue weighted by Gasteiger charge is 2.44. The van der Waals surface area contributed by atoms with Crippen LogP contribution in [0, 0.1) is 0 Å². The summed E-state index contributed by atoms with van der Waals surface area (Å²) in [6.07, 6.45) is 2.05. The minimum atomic E-state index is -1.82. The molecule has 4 aromatic carbocycles. The Bertz CT molecular complexity index is 1140. The lowest BCUT2D eigenvalue weighted by molar-refractivity contribution is 0.881. The van der Waals surface area contributed by atoms with Crippen LogP contribution in [0.25, 0.3) is 11.4 Å². The first-order valence-electron chi connectivity index (χ1n) is 10.7. The molecule has 1 aromatic heterocycles. The highest BCUT2D eigenvalue weighted by molar-refractivity contribution is 7.95. The van der Waals surface area contributed by atoms with Crippen LogP contribution in [0.4, 0.5) is 0 Å². The van der Waals surface area contributed by atoms with Crippen molar-refractivity contribution in [1.29, 1.82) is 0 Å². The fourth-order valence-corrected chi connectivity index (χ4v) is 8.59. The summed E-state index contributed by atoms with van der Waals surface area (Å²) < 4.78 is 0. The number of aryl methyl sites for hydroxylation is 1. The normalized spacial score (nSPS) is 11.4. The molecule has 156 valence electrons. The molecule has 0 spiro atoms. The van der Waals surface area contributed by atoms with E-state index in [2.05, 4.69) is 136 Å². The van der Waals surface area contributed by atoms with Gasteiger partial charge in [0, 0.05) is 12.0 Å². The number of nitrogens with zero attached hydrogens (tertiary/aromatic N) is 3. The van der Waals surface area contributed by atoms with Crippen LogP contribution >= 0.6 is 7.26 Å². The summed E-state index contributed by atoms with van der Waals surface area (Å²) in [4.78, 5) is 0. The minimum absolute atomic E-state index is 0.622. The molecule has 1 N–H and O–H groups in total. The molecule has 0 aliphatic rings. The molecule has 0 aliphatic carbocycles. The molecule has 32 heavy (non-hydrogen) atoms. The van der Waals surface area contributed by atoms with Crippen molar-refractivity contribution in [2.45, 2.75) is 6.42 Å². The Morgan fingerprint density at radius 3 is 1.53 bits per heavy atom. The van der Waals surface area contributed by atoms with E-state index in [0.29, 0.717) is 5.82 Å². The number of benzene rings is 4. The van der Waals surface area contributed by atoms with Crippen molar-refractivity contribution < 1.29 is 0 Å². The number of hydrogen-bond donors (Lipinski definition) is 1. The second kappa shape index (κ2) is 9.25. The zero-order valence-electron chi connectivity index (χ0n) is 17.7. The number of rotatable bonds is 7. The van der Waals surface area contributed by atoms with Crippen LogP contribution in [0.5, 0.6) is 0 Å². The number of tetrazole rings is 1. The van der Waals surface area contributed by atoms with Gasteiger partial charge in [-0.25, -0.2) is 0 Å². The van der Waals surface area contributed by atoms with Gasteiger partial charge in [-0.15, -0.1) is 10.2 Å². The third-order valence-corrected chi connectivity index (χ3v) is 10.3.